The van der Waals surface area contributed by atoms with Gasteiger partial charge in [-0.05, 0) is 19.8 Å². The van der Waals surface area contributed by atoms with E-state index in [1.165, 1.54) is 10.7 Å². The molecule has 1 unspecified atom stereocenters. The Bertz CT molecular complexity index is 800. The summed E-state index contributed by atoms with van der Waals surface area (Å²) in [5, 5.41) is 17.8. The van der Waals surface area contributed by atoms with Crippen molar-refractivity contribution in [3.63, 3.8) is 0 Å². The lowest BCUT2D eigenvalue weighted by atomic mass is 10.2. The number of urea groups is 1. The van der Waals surface area contributed by atoms with Gasteiger partial charge in [-0.15, -0.1) is 0 Å². The minimum Gasteiger partial charge on any atom is -0.353 e. The molecule has 0 saturated carbocycles. The first-order valence-corrected chi connectivity index (χ1v) is 7.32. The molecule has 0 aliphatic carbocycles. The summed E-state index contributed by atoms with van der Waals surface area (Å²) in [4.78, 5) is 28.2. The molecule has 0 saturated heterocycles. The van der Waals surface area contributed by atoms with Gasteiger partial charge < -0.3 is 10.6 Å². The van der Waals surface area contributed by atoms with E-state index < -0.39 is 11.0 Å². The first-order valence-electron chi connectivity index (χ1n) is 7.32. The third-order valence-electron chi connectivity index (χ3n) is 4.14. The van der Waals surface area contributed by atoms with Crippen LogP contribution in [0.5, 0.6) is 0 Å². The minimum absolute atomic E-state index is 0.0905. The van der Waals surface area contributed by atoms with Gasteiger partial charge in [0.15, 0.2) is 0 Å². The molecule has 3 rings (SSSR count). The number of primary amides is 1. The van der Waals surface area contributed by atoms with Crippen LogP contribution in [0.1, 0.15) is 25.8 Å². The molecule has 0 radical (unpaired) electrons. The number of hydrogen-bond acceptors (Lipinski definition) is 6. The van der Waals surface area contributed by atoms with E-state index in [1.54, 1.807) is 0 Å². The van der Waals surface area contributed by atoms with Gasteiger partial charge in [0.25, 0.3) is 0 Å². The highest BCUT2D eigenvalue weighted by atomic mass is 16.6. The molecule has 0 fully saturated rings. The van der Waals surface area contributed by atoms with E-state index in [1.807, 2.05) is 0 Å². The number of aromatic nitrogens is 3. The van der Waals surface area contributed by atoms with Gasteiger partial charge in [0.2, 0.25) is 5.65 Å². The standard InChI is InChI=1S/C13H17N7O3/c1-3-7(2)18-5-4-8-10(17-13(14)21)16-11-9(20(22)23)6-15-19(11)12(8)18/h6-7H,3-5H2,1-2H3,(H3,14,16,17,21). The van der Waals surface area contributed by atoms with Crippen LogP contribution >= 0.6 is 0 Å². The number of hydrogen-bond donors (Lipinski definition) is 2. The van der Waals surface area contributed by atoms with Crippen LogP contribution in [0.3, 0.4) is 0 Å². The van der Waals surface area contributed by atoms with Crippen molar-refractivity contribution in [2.75, 3.05) is 16.8 Å². The maximum absolute atomic E-state index is 11.2. The number of carbonyl (C=O) groups excluding carboxylic acids is 1. The molecule has 1 aliphatic rings. The number of rotatable bonds is 4. The average Bonchev–Trinajstić information content (AvgIpc) is 3.09. The summed E-state index contributed by atoms with van der Waals surface area (Å²) in [5.74, 6) is 0.982. The summed E-state index contributed by atoms with van der Waals surface area (Å²) in [6.07, 6.45) is 2.74. The Morgan fingerprint density at radius 1 is 1.61 bits per heavy atom. The smallest absolute Gasteiger partial charge is 0.333 e. The second-order valence-corrected chi connectivity index (χ2v) is 5.47. The Hall–Kier alpha value is -2.91. The van der Waals surface area contributed by atoms with Gasteiger partial charge in [0.05, 0.1) is 4.92 Å². The maximum atomic E-state index is 11.2. The molecule has 23 heavy (non-hydrogen) atoms. The van der Waals surface area contributed by atoms with Crippen molar-refractivity contribution in [1.29, 1.82) is 0 Å². The van der Waals surface area contributed by atoms with Crippen LogP contribution in [0.4, 0.5) is 22.1 Å². The van der Waals surface area contributed by atoms with Crippen molar-refractivity contribution in [2.45, 2.75) is 32.7 Å². The van der Waals surface area contributed by atoms with Crippen molar-refractivity contribution < 1.29 is 9.72 Å². The monoisotopic (exact) mass is 319 g/mol. The van der Waals surface area contributed by atoms with Gasteiger partial charge in [-0.25, -0.2) is 9.78 Å². The molecule has 10 heteroatoms. The van der Waals surface area contributed by atoms with E-state index in [0.29, 0.717) is 6.42 Å². The van der Waals surface area contributed by atoms with Crippen LogP contribution in [0.15, 0.2) is 6.20 Å². The van der Waals surface area contributed by atoms with Gasteiger partial charge in [-0.1, -0.05) is 6.92 Å². The van der Waals surface area contributed by atoms with Crippen LogP contribution in [0.2, 0.25) is 0 Å². The molecule has 3 N–H and O–H groups in total. The largest absolute Gasteiger partial charge is 0.353 e. The molecule has 2 aromatic rings. The zero-order chi connectivity index (χ0) is 16.7. The summed E-state index contributed by atoms with van der Waals surface area (Å²) in [6.45, 7) is 4.86. The normalized spacial score (nSPS) is 14.8. The average molecular weight is 319 g/mol. The third-order valence-corrected chi connectivity index (χ3v) is 4.14. The lowest BCUT2D eigenvalue weighted by molar-refractivity contribution is -0.383. The fourth-order valence-electron chi connectivity index (χ4n) is 2.86. The molecule has 0 aromatic carbocycles. The van der Waals surface area contributed by atoms with Gasteiger partial charge in [0, 0.05) is 18.2 Å². The van der Waals surface area contributed by atoms with Crippen molar-refractivity contribution in [2.24, 2.45) is 5.73 Å². The van der Waals surface area contributed by atoms with Gasteiger partial charge in [-0.3, -0.25) is 15.4 Å². The predicted octanol–water partition coefficient (Wildman–Crippen LogP) is 1.29. The molecule has 2 aromatic heterocycles. The molecular formula is C13H17N7O3. The molecule has 1 aliphatic heterocycles. The lowest BCUT2D eigenvalue weighted by Gasteiger charge is -2.26. The lowest BCUT2D eigenvalue weighted by Crippen LogP contribution is -2.32. The summed E-state index contributed by atoms with van der Waals surface area (Å²) in [6, 6.07) is -0.528. The Morgan fingerprint density at radius 3 is 2.96 bits per heavy atom. The van der Waals surface area contributed by atoms with E-state index in [2.05, 4.69) is 34.1 Å². The van der Waals surface area contributed by atoms with Crippen molar-refractivity contribution >= 4 is 29.0 Å². The number of amides is 2. The van der Waals surface area contributed by atoms with Crippen LogP contribution in [-0.2, 0) is 6.42 Å². The number of nitrogens with one attached hydrogen (secondary N) is 1. The van der Waals surface area contributed by atoms with Crippen LogP contribution in [0, 0.1) is 10.1 Å². The quantitative estimate of drug-likeness (QED) is 0.644. The SMILES string of the molecule is CCC(C)N1CCc2c(NC(N)=O)nc3c([N+](=O)[O-])cnn3c21. The summed E-state index contributed by atoms with van der Waals surface area (Å²) >= 11 is 0. The van der Waals surface area contributed by atoms with E-state index in [-0.39, 0.29) is 23.2 Å². The third kappa shape index (κ3) is 2.31. The second-order valence-electron chi connectivity index (χ2n) is 5.47. The summed E-state index contributed by atoms with van der Waals surface area (Å²) in [5.41, 5.74) is 5.86. The van der Waals surface area contributed by atoms with E-state index in [9.17, 15) is 14.9 Å². The van der Waals surface area contributed by atoms with Gasteiger partial charge in [-0.2, -0.15) is 9.61 Å². The summed E-state index contributed by atoms with van der Waals surface area (Å²) in [7, 11) is 0. The number of nitrogens with zero attached hydrogens (tertiary/aromatic N) is 5. The van der Waals surface area contributed by atoms with Crippen molar-refractivity contribution in [3.05, 3.63) is 21.9 Å². The molecule has 1 atom stereocenters. The Balaban J connectivity index is 2.27. The zero-order valence-electron chi connectivity index (χ0n) is 12.8. The van der Waals surface area contributed by atoms with Crippen LogP contribution in [-0.4, -0.2) is 38.1 Å². The van der Waals surface area contributed by atoms with Gasteiger partial charge >= 0.3 is 11.7 Å². The highest BCUT2D eigenvalue weighted by molar-refractivity contribution is 5.89. The Morgan fingerprint density at radius 2 is 2.35 bits per heavy atom. The molecule has 0 bridgehead atoms. The number of nitro groups is 1. The van der Waals surface area contributed by atoms with Gasteiger partial charge in [0.1, 0.15) is 17.8 Å². The van der Waals surface area contributed by atoms with Crippen LogP contribution in [0.25, 0.3) is 5.65 Å². The first kappa shape index (κ1) is 15.0. The first-order chi connectivity index (χ1) is 10.9. The number of anilines is 2. The maximum Gasteiger partial charge on any atom is 0.333 e. The highest BCUT2D eigenvalue weighted by Gasteiger charge is 2.32. The highest BCUT2D eigenvalue weighted by Crippen LogP contribution is 2.36. The summed E-state index contributed by atoms with van der Waals surface area (Å²) < 4.78 is 1.47. The fraction of sp³-hybridized carbons (Fsp3) is 0.462. The fourth-order valence-corrected chi connectivity index (χ4v) is 2.86. The van der Waals surface area contributed by atoms with E-state index in [4.69, 9.17) is 5.73 Å². The molecular weight excluding hydrogens is 302 g/mol. The molecule has 3 heterocycles. The minimum atomic E-state index is -0.756. The predicted molar refractivity (Wildman–Crippen MR) is 83.7 cm³/mol. The number of carbonyl (C=O) groups is 1. The van der Waals surface area contributed by atoms with E-state index in [0.717, 1.165) is 24.3 Å². The van der Waals surface area contributed by atoms with Crippen molar-refractivity contribution in [1.82, 2.24) is 14.6 Å². The van der Waals surface area contributed by atoms with E-state index >= 15 is 0 Å². The number of nitrogens with two attached hydrogens (primary N) is 1. The van der Waals surface area contributed by atoms with Crippen molar-refractivity contribution in [3.8, 4) is 0 Å². The molecule has 10 nitrogen and oxygen atoms in total. The molecule has 122 valence electrons. The molecule has 2 amide bonds. The topological polar surface area (TPSA) is 132 Å². The Labute approximate surface area is 131 Å². The zero-order valence-corrected chi connectivity index (χ0v) is 12.8. The van der Waals surface area contributed by atoms with Crippen LogP contribution < -0.4 is 16.0 Å². The Kier molecular flexibility index (Phi) is 3.51. The number of fused-ring (bicyclic) bond motifs is 3. The molecule has 0 spiro atoms. The second kappa shape index (κ2) is 5.38.